The Morgan fingerprint density at radius 2 is 1.83 bits per heavy atom. The van der Waals surface area contributed by atoms with E-state index in [0.717, 1.165) is 42.4 Å². The second kappa shape index (κ2) is 9.79. The molecule has 158 valence electrons. The number of hydrogen-bond donors (Lipinski definition) is 1. The predicted octanol–water partition coefficient (Wildman–Crippen LogP) is 5.37. The van der Waals surface area contributed by atoms with Crippen molar-refractivity contribution in [3.8, 4) is 11.4 Å². The van der Waals surface area contributed by atoms with Gasteiger partial charge in [-0.1, -0.05) is 83.0 Å². The SMILES string of the molecule is CCCNC(=O)CSc1nnc(-c2ccc(C(C)(C)C)cc2)n1C1CCCCC1. The molecule has 1 saturated carbocycles. The molecule has 1 fully saturated rings. The van der Waals surface area contributed by atoms with Crippen LogP contribution in [0.15, 0.2) is 29.4 Å². The number of benzene rings is 1. The van der Waals surface area contributed by atoms with E-state index in [0.29, 0.717) is 11.8 Å². The highest BCUT2D eigenvalue weighted by Gasteiger charge is 2.24. The normalized spacial score (nSPS) is 15.4. The summed E-state index contributed by atoms with van der Waals surface area (Å²) >= 11 is 1.50. The molecule has 1 aliphatic carbocycles. The summed E-state index contributed by atoms with van der Waals surface area (Å²) in [4.78, 5) is 12.1. The van der Waals surface area contributed by atoms with E-state index in [1.807, 2.05) is 0 Å². The van der Waals surface area contributed by atoms with E-state index in [-0.39, 0.29) is 11.3 Å². The molecule has 1 heterocycles. The Balaban J connectivity index is 1.86. The van der Waals surface area contributed by atoms with Crippen LogP contribution in [0.5, 0.6) is 0 Å². The molecule has 1 aliphatic rings. The fourth-order valence-corrected chi connectivity index (χ4v) is 4.64. The molecule has 0 aliphatic heterocycles. The van der Waals surface area contributed by atoms with Crippen molar-refractivity contribution >= 4 is 17.7 Å². The van der Waals surface area contributed by atoms with Crippen LogP contribution in [0.25, 0.3) is 11.4 Å². The number of nitrogens with zero attached hydrogens (tertiary/aromatic N) is 3. The van der Waals surface area contributed by atoms with Crippen molar-refractivity contribution in [2.45, 2.75) is 82.8 Å². The summed E-state index contributed by atoms with van der Waals surface area (Å²) in [5.74, 6) is 1.37. The zero-order valence-corrected chi connectivity index (χ0v) is 19.0. The molecule has 0 saturated heterocycles. The molecule has 1 amide bonds. The molecule has 3 rings (SSSR count). The standard InChI is InChI=1S/C23H34N4OS/c1-5-15-24-20(28)16-29-22-26-25-21(27(22)19-9-7-6-8-10-19)17-11-13-18(14-12-17)23(2,3)4/h11-14,19H,5-10,15-16H2,1-4H3,(H,24,28). The third-order valence-corrected chi connectivity index (χ3v) is 6.46. The molecule has 1 aromatic heterocycles. The van der Waals surface area contributed by atoms with Gasteiger partial charge in [0.1, 0.15) is 0 Å². The highest BCUT2D eigenvalue weighted by atomic mass is 32.2. The number of thioether (sulfide) groups is 1. The van der Waals surface area contributed by atoms with Gasteiger partial charge in [-0.3, -0.25) is 9.36 Å². The van der Waals surface area contributed by atoms with Gasteiger partial charge >= 0.3 is 0 Å². The number of carbonyl (C=O) groups excluding carboxylic acids is 1. The molecule has 0 unspecified atom stereocenters. The Morgan fingerprint density at radius 3 is 2.45 bits per heavy atom. The Kier molecular flexibility index (Phi) is 7.38. The molecule has 0 bridgehead atoms. The number of amides is 1. The van der Waals surface area contributed by atoms with Crippen molar-refractivity contribution in [3.63, 3.8) is 0 Å². The lowest BCUT2D eigenvalue weighted by molar-refractivity contribution is -0.118. The van der Waals surface area contributed by atoms with E-state index >= 15 is 0 Å². The maximum absolute atomic E-state index is 12.1. The van der Waals surface area contributed by atoms with Crippen LogP contribution in [-0.4, -0.2) is 33.0 Å². The first-order chi connectivity index (χ1) is 13.9. The molecule has 0 atom stereocenters. The summed E-state index contributed by atoms with van der Waals surface area (Å²) in [5.41, 5.74) is 2.54. The predicted molar refractivity (Wildman–Crippen MR) is 120 cm³/mol. The molecule has 6 heteroatoms. The van der Waals surface area contributed by atoms with Gasteiger partial charge in [-0.25, -0.2) is 0 Å². The van der Waals surface area contributed by atoms with Crippen LogP contribution in [-0.2, 0) is 10.2 Å². The highest BCUT2D eigenvalue weighted by Crippen LogP contribution is 2.36. The minimum Gasteiger partial charge on any atom is -0.355 e. The molecular formula is C23H34N4OS. The largest absolute Gasteiger partial charge is 0.355 e. The van der Waals surface area contributed by atoms with Crippen LogP contribution in [0, 0.1) is 0 Å². The Morgan fingerprint density at radius 1 is 1.14 bits per heavy atom. The van der Waals surface area contributed by atoms with Crippen LogP contribution in [0.1, 0.15) is 77.8 Å². The number of aromatic nitrogens is 3. The van der Waals surface area contributed by atoms with Crippen molar-refractivity contribution in [2.24, 2.45) is 0 Å². The molecular weight excluding hydrogens is 380 g/mol. The van der Waals surface area contributed by atoms with Crippen molar-refractivity contribution < 1.29 is 4.79 Å². The molecule has 1 N–H and O–H groups in total. The Hall–Kier alpha value is -1.82. The van der Waals surface area contributed by atoms with Crippen LogP contribution in [0.4, 0.5) is 0 Å². The smallest absolute Gasteiger partial charge is 0.230 e. The summed E-state index contributed by atoms with van der Waals surface area (Å²) in [6.07, 6.45) is 7.04. The molecule has 5 nitrogen and oxygen atoms in total. The molecule has 2 aromatic rings. The second-order valence-electron chi connectivity index (χ2n) is 8.93. The van der Waals surface area contributed by atoms with Gasteiger partial charge in [0.05, 0.1) is 5.75 Å². The van der Waals surface area contributed by atoms with Crippen molar-refractivity contribution in [3.05, 3.63) is 29.8 Å². The lowest BCUT2D eigenvalue weighted by atomic mass is 9.86. The van der Waals surface area contributed by atoms with Crippen LogP contribution < -0.4 is 5.32 Å². The average Bonchev–Trinajstić information content (AvgIpc) is 3.14. The van der Waals surface area contributed by atoms with Gasteiger partial charge in [-0.2, -0.15) is 0 Å². The van der Waals surface area contributed by atoms with Gasteiger partial charge in [0, 0.05) is 18.2 Å². The van der Waals surface area contributed by atoms with E-state index in [9.17, 15) is 4.79 Å². The van der Waals surface area contributed by atoms with Gasteiger partial charge in [-0.05, 0) is 30.2 Å². The fraction of sp³-hybridized carbons (Fsp3) is 0.609. The monoisotopic (exact) mass is 414 g/mol. The highest BCUT2D eigenvalue weighted by molar-refractivity contribution is 7.99. The minimum absolute atomic E-state index is 0.0612. The van der Waals surface area contributed by atoms with Gasteiger partial charge in [0.15, 0.2) is 11.0 Å². The summed E-state index contributed by atoms with van der Waals surface area (Å²) in [7, 11) is 0. The summed E-state index contributed by atoms with van der Waals surface area (Å²) in [5, 5.41) is 12.8. The zero-order valence-electron chi connectivity index (χ0n) is 18.2. The van der Waals surface area contributed by atoms with Crippen molar-refractivity contribution in [1.82, 2.24) is 20.1 Å². The molecule has 1 aromatic carbocycles. The molecule has 29 heavy (non-hydrogen) atoms. The van der Waals surface area contributed by atoms with E-state index < -0.39 is 0 Å². The molecule has 0 spiro atoms. The summed E-state index contributed by atoms with van der Waals surface area (Å²) < 4.78 is 2.29. The number of nitrogens with one attached hydrogen (secondary N) is 1. The molecule has 0 radical (unpaired) electrons. The number of rotatable bonds is 7. The van der Waals surface area contributed by atoms with Gasteiger partial charge < -0.3 is 5.32 Å². The van der Waals surface area contributed by atoms with E-state index in [2.05, 4.69) is 72.0 Å². The Labute approximate surface area is 179 Å². The second-order valence-corrected chi connectivity index (χ2v) is 9.88. The third kappa shape index (κ3) is 5.62. The van der Waals surface area contributed by atoms with Crippen LogP contribution >= 0.6 is 11.8 Å². The van der Waals surface area contributed by atoms with Gasteiger partial charge in [0.25, 0.3) is 0 Å². The first-order valence-corrected chi connectivity index (χ1v) is 11.8. The van der Waals surface area contributed by atoms with E-state index in [4.69, 9.17) is 0 Å². The van der Waals surface area contributed by atoms with Gasteiger partial charge in [0.2, 0.25) is 5.91 Å². The van der Waals surface area contributed by atoms with E-state index in [1.165, 1.54) is 36.6 Å². The summed E-state index contributed by atoms with van der Waals surface area (Å²) in [6, 6.07) is 9.12. The maximum Gasteiger partial charge on any atom is 0.230 e. The summed E-state index contributed by atoms with van der Waals surface area (Å²) in [6.45, 7) is 9.46. The minimum atomic E-state index is 0.0612. The number of hydrogen-bond acceptors (Lipinski definition) is 4. The number of carbonyl (C=O) groups is 1. The fourth-order valence-electron chi connectivity index (χ4n) is 3.81. The quantitative estimate of drug-likeness (QED) is 0.619. The third-order valence-electron chi connectivity index (χ3n) is 5.52. The topological polar surface area (TPSA) is 59.8 Å². The van der Waals surface area contributed by atoms with Crippen molar-refractivity contribution in [2.75, 3.05) is 12.3 Å². The Bertz CT molecular complexity index is 801. The van der Waals surface area contributed by atoms with E-state index in [1.54, 1.807) is 0 Å². The lowest BCUT2D eigenvalue weighted by Crippen LogP contribution is -2.26. The lowest BCUT2D eigenvalue weighted by Gasteiger charge is -2.26. The van der Waals surface area contributed by atoms with Crippen LogP contribution in [0.3, 0.4) is 0 Å². The first-order valence-electron chi connectivity index (χ1n) is 10.9. The first kappa shape index (κ1) is 21.9. The van der Waals surface area contributed by atoms with Crippen LogP contribution in [0.2, 0.25) is 0 Å². The maximum atomic E-state index is 12.1. The van der Waals surface area contributed by atoms with Gasteiger partial charge in [-0.15, -0.1) is 10.2 Å². The zero-order chi connectivity index (χ0) is 20.9. The average molecular weight is 415 g/mol. The van der Waals surface area contributed by atoms with Crippen molar-refractivity contribution in [1.29, 1.82) is 0 Å².